The molecule has 0 aliphatic rings. The van der Waals surface area contributed by atoms with E-state index in [2.05, 4.69) is 38.5 Å². The molecule has 0 bridgehead atoms. The van der Waals surface area contributed by atoms with Crippen molar-refractivity contribution in [3.05, 3.63) is 54.2 Å². The minimum absolute atomic E-state index is 0.631. The van der Waals surface area contributed by atoms with Gasteiger partial charge in [0.2, 0.25) is 0 Å². The van der Waals surface area contributed by atoms with E-state index in [1.807, 2.05) is 42.6 Å². The van der Waals surface area contributed by atoms with Crippen molar-refractivity contribution in [1.29, 1.82) is 0 Å². The van der Waals surface area contributed by atoms with Crippen LogP contribution in [-0.2, 0) is 12.0 Å². The topological polar surface area (TPSA) is 20.2 Å². The molecule has 0 aliphatic heterocycles. The summed E-state index contributed by atoms with van der Waals surface area (Å²) >= 11 is 7.43. The zero-order valence-electron chi connectivity index (χ0n) is 9.28. The van der Waals surface area contributed by atoms with E-state index in [1.54, 1.807) is 11.3 Å². The van der Waals surface area contributed by atoms with Crippen LogP contribution in [0.1, 0.15) is 17.4 Å². The highest BCUT2D eigenvalue weighted by atomic mass is 127. The van der Waals surface area contributed by atoms with Gasteiger partial charge < -0.3 is 5.11 Å². The van der Waals surface area contributed by atoms with Gasteiger partial charge in [-0.3, -0.25) is 0 Å². The van der Waals surface area contributed by atoms with Crippen LogP contribution in [0.4, 0.5) is 0 Å². The average molecular weight is 423 g/mol. The fourth-order valence-corrected chi connectivity index (χ4v) is 3.68. The molecule has 2 aromatic rings. The van der Waals surface area contributed by atoms with Gasteiger partial charge in [-0.1, -0.05) is 12.1 Å². The summed E-state index contributed by atoms with van der Waals surface area (Å²) in [6, 6.07) is 10.0. The number of rotatable bonds is 3. The van der Waals surface area contributed by atoms with Crippen molar-refractivity contribution < 1.29 is 5.11 Å². The van der Waals surface area contributed by atoms with Gasteiger partial charge in [0, 0.05) is 19.3 Å². The maximum atomic E-state index is 10.6. The monoisotopic (exact) mass is 422 g/mol. The lowest BCUT2D eigenvalue weighted by atomic mass is 9.92. The minimum atomic E-state index is -0.822. The van der Waals surface area contributed by atoms with Gasteiger partial charge in [-0.2, -0.15) is 0 Å². The fraction of sp³-hybridized carbons (Fsp3) is 0.231. The number of aliphatic hydroxyl groups is 1. The normalized spacial score (nSPS) is 14.6. The molecule has 90 valence electrons. The first-order chi connectivity index (χ1) is 7.99. The molecular weight excluding hydrogens is 411 g/mol. The number of thiophene rings is 1. The molecule has 0 fully saturated rings. The Hall–Kier alpha value is 0.0900. The Balaban J connectivity index is 2.24. The molecule has 0 aliphatic carbocycles. The molecular formula is C13H12BrIOS. The summed E-state index contributed by atoms with van der Waals surface area (Å²) in [6.07, 6.45) is 0.631. The van der Waals surface area contributed by atoms with Crippen molar-refractivity contribution in [2.24, 2.45) is 0 Å². The molecule has 4 heteroatoms. The summed E-state index contributed by atoms with van der Waals surface area (Å²) in [5.41, 5.74) is 0.135. The van der Waals surface area contributed by atoms with Crippen LogP contribution in [0, 0.1) is 3.57 Å². The summed E-state index contributed by atoms with van der Waals surface area (Å²) in [6.45, 7) is 1.86. The highest BCUT2D eigenvalue weighted by Gasteiger charge is 2.24. The van der Waals surface area contributed by atoms with Crippen molar-refractivity contribution in [2.45, 2.75) is 18.9 Å². The SMILES string of the molecule is CC(O)(Cc1sccc1Br)c1ccc(I)cc1. The number of hydrogen-bond acceptors (Lipinski definition) is 2. The molecule has 0 spiro atoms. The molecule has 1 heterocycles. The van der Waals surface area contributed by atoms with Crippen LogP contribution < -0.4 is 0 Å². The lowest BCUT2D eigenvalue weighted by molar-refractivity contribution is 0.0583. The zero-order valence-corrected chi connectivity index (χ0v) is 13.8. The fourth-order valence-electron chi connectivity index (χ4n) is 1.67. The van der Waals surface area contributed by atoms with Gasteiger partial charge in [0.25, 0.3) is 0 Å². The Morgan fingerprint density at radius 1 is 1.29 bits per heavy atom. The van der Waals surface area contributed by atoms with Crippen molar-refractivity contribution in [3.8, 4) is 0 Å². The molecule has 0 saturated heterocycles. The van der Waals surface area contributed by atoms with Crippen molar-refractivity contribution in [2.75, 3.05) is 0 Å². The van der Waals surface area contributed by atoms with E-state index in [9.17, 15) is 5.11 Å². The summed E-state index contributed by atoms with van der Waals surface area (Å²) in [7, 11) is 0. The highest BCUT2D eigenvalue weighted by Crippen LogP contribution is 2.32. The molecule has 1 nitrogen and oxygen atoms in total. The second kappa shape index (κ2) is 5.38. The lowest BCUT2D eigenvalue weighted by Crippen LogP contribution is -2.23. The van der Waals surface area contributed by atoms with E-state index in [1.165, 1.54) is 8.45 Å². The van der Waals surface area contributed by atoms with Gasteiger partial charge in [-0.05, 0) is 74.6 Å². The van der Waals surface area contributed by atoms with Crippen molar-refractivity contribution in [3.63, 3.8) is 0 Å². The molecule has 1 aromatic carbocycles. The van der Waals surface area contributed by atoms with Gasteiger partial charge in [-0.25, -0.2) is 0 Å². The average Bonchev–Trinajstić information content (AvgIpc) is 2.64. The molecule has 0 saturated carbocycles. The van der Waals surface area contributed by atoms with Crippen LogP contribution in [0.25, 0.3) is 0 Å². The van der Waals surface area contributed by atoms with Crippen molar-refractivity contribution >= 4 is 49.9 Å². The van der Waals surface area contributed by atoms with Crippen LogP contribution >= 0.6 is 49.9 Å². The van der Waals surface area contributed by atoms with Crippen LogP contribution in [0.3, 0.4) is 0 Å². The first-order valence-electron chi connectivity index (χ1n) is 5.19. The van der Waals surface area contributed by atoms with E-state index in [0.717, 1.165) is 10.0 Å². The standard InChI is InChI=1S/C13H12BrIOS/c1-13(16,8-12-11(14)6-7-17-12)9-2-4-10(15)5-3-9/h2-7,16H,8H2,1H3. The van der Waals surface area contributed by atoms with E-state index < -0.39 is 5.60 Å². The van der Waals surface area contributed by atoms with Crippen LogP contribution in [0.15, 0.2) is 40.2 Å². The van der Waals surface area contributed by atoms with Crippen molar-refractivity contribution in [1.82, 2.24) is 0 Å². The molecule has 1 aromatic heterocycles. The van der Waals surface area contributed by atoms with Gasteiger partial charge in [0.15, 0.2) is 0 Å². The molecule has 0 amide bonds. The van der Waals surface area contributed by atoms with E-state index >= 15 is 0 Å². The largest absolute Gasteiger partial charge is 0.385 e. The number of hydrogen-bond donors (Lipinski definition) is 1. The summed E-state index contributed by atoms with van der Waals surface area (Å²) < 4.78 is 2.26. The second-order valence-electron chi connectivity index (χ2n) is 4.15. The Kier molecular flexibility index (Phi) is 4.28. The summed E-state index contributed by atoms with van der Waals surface area (Å²) in [5.74, 6) is 0. The Morgan fingerprint density at radius 2 is 1.94 bits per heavy atom. The quantitative estimate of drug-likeness (QED) is 0.718. The van der Waals surface area contributed by atoms with Crippen LogP contribution in [0.5, 0.6) is 0 Å². The number of benzene rings is 1. The summed E-state index contributed by atoms with van der Waals surface area (Å²) in [5, 5.41) is 12.6. The molecule has 1 N–H and O–H groups in total. The first kappa shape index (κ1) is 13.5. The zero-order chi connectivity index (χ0) is 12.5. The van der Waals surface area contributed by atoms with Crippen LogP contribution in [0.2, 0.25) is 0 Å². The van der Waals surface area contributed by atoms with E-state index in [4.69, 9.17) is 0 Å². The third kappa shape index (κ3) is 3.30. The predicted octanol–water partition coefficient (Wildman–Crippen LogP) is 4.57. The maximum Gasteiger partial charge on any atom is 0.0917 e. The Morgan fingerprint density at radius 3 is 2.47 bits per heavy atom. The van der Waals surface area contributed by atoms with Gasteiger partial charge >= 0.3 is 0 Å². The van der Waals surface area contributed by atoms with Gasteiger partial charge in [-0.15, -0.1) is 11.3 Å². The molecule has 2 rings (SSSR count). The van der Waals surface area contributed by atoms with E-state index in [0.29, 0.717) is 6.42 Å². The smallest absolute Gasteiger partial charge is 0.0917 e. The third-order valence-corrected chi connectivity index (χ3v) is 5.31. The second-order valence-corrected chi connectivity index (χ2v) is 7.25. The molecule has 17 heavy (non-hydrogen) atoms. The Labute approximate surface area is 127 Å². The summed E-state index contributed by atoms with van der Waals surface area (Å²) in [4.78, 5) is 1.17. The molecule has 1 unspecified atom stereocenters. The highest BCUT2D eigenvalue weighted by molar-refractivity contribution is 14.1. The number of halogens is 2. The lowest BCUT2D eigenvalue weighted by Gasteiger charge is -2.23. The molecule has 0 radical (unpaired) electrons. The third-order valence-electron chi connectivity index (χ3n) is 2.66. The van der Waals surface area contributed by atoms with E-state index in [-0.39, 0.29) is 0 Å². The van der Waals surface area contributed by atoms with Gasteiger partial charge in [0.05, 0.1) is 5.60 Å². The maximum absolute atomic E-state index is 10.6. The minimum Gasteiger partial charge on any atom is -0.385 e. The predicted molar refractivity (Wildman–Crippen MR) is 84.5 cm³/mol. The van der Waals surface area contributed by atoms with Crippen LogP contribution in [-0.4, -0.2) is 5.11 Å². The Bertz CT molecular complexity index is 504. The molecule has 1 atom stereocenters. The van der Waals surface area contributed by atoms with Gasteiger partial charge in [0.1, 0.15) is 0 Å². The first-order valence-corrected chi connectivity index (χ1v) is 7.94.